The van der Waals surface area contributed by atoms with Crippen molar-refractivity contribution < 1.29 is 4.79 Å². The van der Waals surface area contributed by atoms with Gasteiger partial charge in [-0.25, -0.2) is 9.66 Å². The molecule has 1 amide bonds. The number of nitrogens with one attached hydrogen (secondary N) is 1. The molecule has 1 aliphatic rings. The van der Waals surface area contributed by atoms with Crippen LogP contribution >= 0.6 is 11.3 Å². The van der Waals surface area contributed by atoms with E-state index in [9.17, 15) is 9.59 Å². The number of aromatic nitrogens is 4. The molecule has 0 saturated carbocycles. The van der Waals surface area contributed by atoms with E-state index in [1.165, 1.54) is 9.55 Å². The number of amides is 1. The van der Waals surface area contributed by atoms with E-state index in [-0.39, 0.29) is 11.5 Å². The zero-order valence-electron chi connectivity index (χ0n) is 15.9. The molecule has 3 heterocycles. The summed E-state index contributed by atoms with van der Waals surface area (Å²) >= 11 is 1.61. The normalized spacial score (nSPS) is 17.7. The highest BCUT2D eigenvalue weighted by Gasteiger charge is 2.25. The van der Waals surface area contributed by atoms with Gasteiger partial charge in [0.15, 0.2) is 0 Å². The van der Waals surface area contributed by atoms with Gasteiger partial charge in [-0.3, -0.25) is 19.7 Å². The van der Waals surface area contributed by atoms with Crippen LogP contribution in [0.5, 0.6) is 0 Å². The summed E-state index contributed by atoms with van der Waals surface area (Å²) in [6.07, 6.45) is 4.73. The van der Waals surface area contributed by atoms with Gasteiger partial charge in [-0.05, 0) is 57.6 Å². The number of hydrogen-bond donors (Lipinski definition) is 1. The molecule has 7 nitrogen and oxygen atoms in total. The van der Waals surface area contributed by atoms with E-state index in [1.54, 1.807) is 36.1 Å². The first-order valence-corrected chi connectivity index (χ1v) is 10.0. The molecule has 8 heteroatoms. The second-order valence-corrected chi connectivity index (χ2v) is 8.50. The number of carbonyl (C=O) groups is 1. The first kappa shape index (κ1) is 17.9. The number of rotatable bonds is 3. The Hall–Kier alpha value is -2.48. The summed E-state index contributed by atoms with van der Waals surface area (Å²) in [6, 6.07) is 1.31. The van der Waals surface area contributed by atoms with E-state index in [2.05, 4.69) is 22.4 Å². The van der Waals surface area contributed by atoms with Crippen molar-refractivity contribution in [2.24, 2.45) is 5.92 Å². The maximum atomic E-state index is 13.2. The van der Waals surface area contributed by atoms with E-state index >= 15 is 0 Å². The fourth-order valence-corrected chi connectivity index (χ4v) is 5.01. The Morgan fingerprint density at radius 1 is 1.41 bits per heavy atom. The van der Waals surface area contributed by atoms with Crippen molar-refractivity contribution in [3.63, 3.8) is 0 Å². The van der Waals surface area contributed by atoms with Gasteiger partial charge < -0.3 is 0 Å². The summed E-state index contributed by atoms with van der Waals surface area (Å²) in [7, 11) is 0. The van der Waals surface area contributed by atoms with Gasteiger partial charge in [-0.2, -0.15) is 5.10 Å². The third-order valence-electron chi connectivity index (χ3n) is 5.24. The molecule has 0 aliphatic heterocycles. The van der Waals surface area contributed by atoms with Crippen LogP contribution in [0.15, 0.2) is 17.1 Å². The predicted octanol–water partition coefficient (Wildman–Crippen LogP) is 2.73. The summed E-state index contributed by atoms with van der Waals surface area (Å²) in [5.74, 6) is 0.811. The van der Waals surface area contributed by atoms with Crippen molar-refractivity contribution in [1.29, 1.82) is 0 Å². The Kier molecular flexibility index (Phi) is 4.38. The molecular weight excluding hydrogens is 362 g/mol. The molecule has 0 unspecified atom stereocenters. The molecule has 0 saturated heterocycles. The number of hydrogen-bond acceptors (Lipinski definition) is 5. The van der Waals surface area contributed by atoms with E-state index in [0.717, 1.165) is 35.4 Å². The molecule has 0 bridgehead atoms. The first-order chi connectivity index (χ1) is 12.8. The maximum Gasteiger partial charge on any atom is 0.281 e. The molecule has 1 N–H and O–H groups in total. The van der Waals surface area contributed by atoms with Crippen LogP contribution in [0.25, 0.3) is 10.2 Å². The number of fused-ring (bicyclic) bond motifs is 3. The zero-order chi connectivity index (χ0) is 19.3. The van der Waals surface area contributed by atoms with Gasteiger partial charge >= 0.3 is 0 Å². The van der Waals surface area contributed by atoms with E-state index in [0.29, 0.717) is 17.1 Å². The van der Waals surface area contributed by atoms with Crippen LogP contribution in [0, 0.1) is 19.8 Å². The van der Waals surface area contributed by atoms with Crippen molar-refractivity contribution in [3.05, 3.63) is 44.6 Å². The minimum atomic E-state index is -0.530. The maximum absolute atomic E-state index is 13.2. The minimum absolute atomic E-state index is 0.193. The quantitative estimate of drug-likeness (QED) is 0.752. The van der Waals surface area contributed by atoms with Gasteiger partial charge in [0.2, 0.25) is 0 Å². The Bertz CT molecular complexity index is 1090. The van der Waals surface area contributed by atoms with E-state index in [1.807, 2.05) is 13.0 Å². The highest BCUT2D eigenvalue weighted by molar-refractivity contribution is 7.18. The molecule has 1 aliphatic carbocycles. The largest absolute Gasteiger partial charge is 0.281 e. The molecule has 3 aromatic heterocycles. The van der Waals surface area contributed by atoms with Crippen LogP contribution in [0.3, 0.4) is 0 Å². The van der Waals surface area contributed by atoms with Crippen molar-refractivity contribution in [2.75, 3.05) is 5.43 Å². The predicted molar refractivity (Wildman–Crippen MR) is 106 cm³/mol. The van der Waals surface area contributed by atoms with Crippen molar-refractivity contribution in [3.8, 4) is 0 Å². The summed E-state index contributed by atoms with van der Waals surface area (Å²) in [5.41, 5.74) is 4.49. The Balaban J connectivity index is 1.71. The zero-order valence-corrected chi connectivity index (χ0v) is 16.8. The van der Waals surface area contributed by atoms with Crippen molar-refractivity contribution >= 4 is 27.5 Å². The van der Waals surface area contributed by atoms with Crippen molar-refractivity contribution in [2.45, 2.75) is 53.0 Å². The molecule has 2 atom stereocenters. The van der Waals surface area contributed by atoms with Gasteiger partial charge in [0.25, 0.3) is 11.5 Å². The number of thiophene rings is 1. The van der Waals surface area contributed by atoms with Crippen LogP contribution in [0.2, 0.25) is 0 Å². The lowest BCUT2D eigenvalue weighted by Crippen LogP contribution is -2.38. The lowest BCUT2D eigenvalue weighted by Gasteiger charge is -2.18. The summed E-state index contributed by atoms with van der Waals surface area (Å²) < 4.78 is 2.87. The van der Waals surface area contributed by atoms with Gasteiger partial charge in [-0.1, -0.05) is 6.92 Å². The molecule has 4 rings (SSSR count). The Morgan fingerprint density at radius 2 is 2.19 bits per heavy atom. The third kappa shape index (κ3) is 3.07. The average molecular weight is 385 g/mol. The Morgan fingerprint density at radius 3 is 2.89 bits per heavy atom. The topological polar surface area (TPSA) is 81.8 Å². The monoisotopic (exact) mass is 385 g/mol. The van der Waals surface area contributed by atoms with Crippen LogP contribution in [-0.2, 0) is 17.6 Å². The summed E-state index contributed by atoms with van der Waals surface area (Å²) in [5, 5.41) is 4.94. The Labute approximate surface area is 161 Å². The van der Waals surface area contributed by atoms with Gasteiger partial charge in [0.05, 0.1) is 11.1 Å². The highest BCUT2D eigenvalue weighted by atomic mass is 32.1. The number of aryl methyl sites for hydroxylation is 3. The molecule has 0 radical (unpaired) electrons. The fourth-order valence-electron chi connectivity index (χ4n) is 3.60. The molecule has 0 aromatic carbocycles. The third-order valence-corrected chi connectivity index (χ3v) is 6.39. The average Bonchev–Trinajstić information content (AvgIpc) is 3.20. The standard InChI is InChI=1S/C19H23N5O2S/c1-10-5-6-14-15(9-10)27-18-16(14)19(26)24(13(4)20-18)22-17(25)12(3)23-8-7-11(2)21-23/h7-8,10,12H,5-6,9H2,1-4H3,(H,22,25)/t10-,12+/m0/s1. The molecule has 0 fully saturated rings. The second kappa shape index (κ2) is 6.60. The summed E-state index contributed by atoms with van der Waals surface area (Å²) in [6.45, 7) is 7.60. The molecular formula is C19H23N5O2S. The van der Waals surface area contributed by atoms with E-state index < -0.39 is 6.04 Å². The smallest absolute Gasteiger partial charge is 0.271 e. The van der Waals surface area contributed by atoms with Crippen LogP contribution in [-0.4, -0.2) is 25.3 Å². The number of carbonyl (C=O) groups excluding carboxylic acids is 1. The van der Waals surface area contributed by atoms with Gasteiger partial charge in [0, 0.05) is 11.1 Å². The highest BCUT2D eigenvalue weighted by Crippen LogP contribution is 2.35. The molecule has 0 spiro atoms. The van der Waals surface area contributed by atoms with Gasteiger partial charge in [0.1, 0.15) is 16.7 Å². The van der Waals surface area contributed by atoms with Crippen LogP contribution < -0.4 is 11.0 Å². The molecule has 142 valence electrons. The minimum Gasteiger partial charge on any atom is -0.271 e. The van der Waals surface area contributed by atoms with Crippen molar-refractivity contribution in [1.82, 2.24) is 19.4 Å². The molecule has 3 aromatic rings. The summed E-state index contributed by atoms with van der Waals surface area (Å²) in [4.78, 5) is 32.5. The van der Waals surface area contributed by atoms with E-state index in [4.69, 9.17) is 0 Å². The SMILES string of the molecule is Cc1ccn([C@H](C)C(=O)Nn2c(C)nc3sc4c(c3c2=O)CC[C@H](C)C4)n1. The first-order valence-electron chi connectivity index (χ1n) is 9.21. The van der Waals surface area contributed by atoms with Gasteiger partial charge in [-0.15, -0.1) is 11.3 Å². The second-order valence-electron chi connectivity index (χ2n) is 7.42. The van der Waals surface area contributed by atoms with Crippen LogP contribution in [0.1, 0.15) is 48.3 Å². The fraction of sp³-hybridized carbons (Fsp3) is 0.474. The van der Waals surface area contributed by atoms with Crippen LogP contribution in [0.4, 0.5) is 0 Å². The number of nitrogens with zero attached hydrogens (tertiary/aromatic N) is 4. The lowest BCUT2D eigenvalue weighted by atomic mass is 9.89. The lowest BCUT2D eigenvalue weighted by molar-refractivity contribution is -0.120. The molecule has 27 heavy (non-hydrogen) atoms.